The minimum atomic E-state index is -5.39. The molecule has 0 atom stereocenters. The van der Waals surface area contributed by atoms with E-state index in [0.717, 1.165) is 36.4 Å². The number of azo groups is 3. The second-order valence-electron chi connectivity index (χ2n) is 13.3. The fraction of sp³-hybridized carbons (Fsp3) is 0.0556. The molecule has 0 aliphatic carbocycles. The minimum absolute atomic E-state index is 0.0973. The van der Waals surface area contributed by atoms with Crippen LogP contribution in [0.5, 0.6) is 5.75 Å². The Hall–Kier alpha value is -7.03. The molecule has 0 unspecified atom stereocenters. The molecule has 0 heterocycles. The molecule has 0 spiro atoms. The van der Waals surface area contributed by atoms with Crippen LogP contribution >= 0.6 is 0 Å². The zero-order chi connectivity index (χ0) is 49.2. The van der Waals surface area contributed by atoms with E-state index in [0.29, 0.717) is 29.6 Å². The average Bonchev–Trinajstić information content (AvgIpc) is 3.20. The quantitative estimate of drug-likeness (QED) is 0.0248. The molecule has 0 aliphatic heterocycles. The van der Waals surface area contributed by atoms with Crippen molar-refractivity contribution in [3.63, 3.8) is 0 Å². The first-order chi connectivity index (χ1) is 30.5. The number of phenolic OH excluding ortho intramolecular Hbond substituents is 1. The highest BCUT2D eigenvalue weighted by Crippen LogP contribution is 2.48. The number of sulfone groups is 1. The number of rotatable bonds is 17. The minimum Gasteiger partial charge on any atom is -0.505 e. The number of hydrogen-bond donors (Lipinski definition) is 9. The predicted molar refractivity (Wildman–Crippen MR) is 237 cm³/mol. The van der Waals surface area contributed by atoms with Crippen molar-refractivity contribution in [2.75, 3.05) is 29.6 Å². The van der Waals surface area contributed by atoms with Crippen LogP contribution in [0.1, 0.15) is 0 Å². The van der Waals surface area contributed by atoms with E-state index in [1.807, 2.05) is 0 Å². The molecule has 0 amide bonds. The van der Waals surface area contributed by atoms with Gasteiger partial charge in [-0.3, -0.25) is 18.4 Å². The maximum atomic E-state index is 13.1. The van der Waals surface area contributed by atoms with E-state index in [4.69, 9.17) is 22.3 Å². The molecular weight excluding hydrogens is 973 g/mol. The lowest BCUT2D eigenvalue weighted by Crippen LogP contribution is -2.21. The highest BCUT2D eigenvalue weighted by molar-refractivity contribution is 7.91. The molecule has 0 saturated heterocycles. The van der Waals surface area contributed by atoms with Gasteiger partial charge in [-0.1, -0.05) is 13.2 Å². The molecule has 0 bridgehead atoms. The fourth-order valence-electron chi connectivity index (χ4n) is 5.50. The third-order valence-corrected chi connectivity index (χ3v) is 14.3. The van der Waals surface area contributed by atoms with Crippen LogP contribution in [0.2, 0.25) is 0 Å². The lowest BCUT2D eigenvalue weighted by atomic mass is 10.1. The number of nitrogens with one attached hydrogen (secondary N) is 1. The molecule has 0 radical (unpaired) electrons. The number of aliphatic hydroxyl groups excluding tert-OH is 1. The summed E-state index contributed by atoms with van der Waals surface area (Å²) < 4.78 is 158. The molecule has 0 fully saturated rings. The van der Waals surface area contributed by atoms with Crippen LogP contribution in [0.3, 0.4) is 0 Å². The number of hydrogen-bond acceptors (Lipinski definition) is 21. The van der Waals surface area contributed by atoms with Crippen LogP contribution < -0.4 is 21.9 Å². The summed E-state index contributed by atoms with van der Waals surface area (Å²) in [6, 6.07) is 12.1. The molecule has 25 nitrogen and oxygen atoms in total. The van der Waals surface area contributed by atoms with Crippen molar-refractivity contribution in [1.29, 1.82) is 0 Å². The maximum absolute atomic E-state index is 13.1. The zero-order valence-corrected chi connectivity index (χ0v) is 37.3. The Balaban J connectivity index is 1.49. The third kappa shape index (κ3) is 11.6. The van der Waals surface area contributed by atoms with Gasteiger partial charge >= 0.3 is 0 Å². The van der Waals surface area contributed by atoms with E-state index in [2.05, 4.69) is 48.6 Å². The number of benzene rings is 5. The van der Waals surface area contributed by atoms with Crippen LogP contribution in [0.15, 0.2) is 165 Å². The maximum Gasteiger partial charge on any atom is 0.296 e. The lowest BCUT2D eigenvalue weighted by molar-refractivity contribution is 0.319. The number of allylic oxidation sites excluding steroid dienone is 2. The van der Waals surface area contributed by atoms with E-state index in [1.165, 1.54) is 24.3 Å². The molecule has 30 heteroatoms. The van der Waals surface area contributed by atoms with E-state index in [1.54, 1.807) is 6.07 Å². The molecule has 12 N–H and O–H groups in total. The van der Waals surface area contributed by atoms with Crippen molar-refractivity contribution >= 4 is 106 Å². The number of nitrogens with zero attached hydrogens (tertiary/aromatic N) is 6. The van der Waals surface area contributed by atoms with Crippen LogP contribution in [-0.4, -0.2) is 78.3 Å². The number of aliphatic hydroxyl groups is 1. The number of phenols is 1. The molecule has 0 aliphatic rings. The fourth-order valence-corrected chi connectivity index (χ4v) is 9.63. The summed E-state index contributed by atoms with van der Waals surface area (Å²) in [7, 11) is -24.6. The smallest absolute Gasteiger partial charge is 0.296 e. The number of fused-ring (bicyclic) bond motifs is 1. The molecule has 5 aromatic carbocycles. The first-order valence-corrected chi connectivity index (χ1v) is 25.1. The van der Waals surface area contributed by atoms with Crippen LogP contribution in [0.4, 0.5) is 45.5 Å². The number of sulfonamides is 1. The van der Waals surface area contributed by atoms with Gasteiger partial charge in [0.1, 0.15) is 37.4 Å². The Bertz CT molecular complexity index is 3540. The topological polar surface area (TPSA) is 436 Å². The van der Waals surface area contributed by atoms with Gasteiger partial charge in [0.15, 0.2) is 15.6 Å². The monoisotopic (exact) mass is 1010 g/mol. The van der Waals surface area contributed by atoms with Crippen molar-refractivity contribution in [2.24, 2.45) is 30.7 Å². The SMILES string of the molecule is C=C(/C=C\C(=C)NS(=O)(=O)c1ccc(N=Nc2c(S(=O)(=O)O)cc3cc(S(=O)(=O)O)c(N=Nc4ccc(S(=O)(=O)CCO)cc4S(=O)(=O)O)c(N)c3c2O)cc1)N=Nc1ccc(N)cc1N. The summed E-state index contributed by atoms with van der Waals surface area (Å²) in [6.45, 7) is 6.47. The summed E-state index contributed by atoms with van der Waals surface area (Å²) in [5, 5.41) is 41.7. The second kappa shape index (κ2) is 18.8. The molecular formula is C36H34N10O15S5. The Morgan fingerprint density at radius 2 is 1.20 bits per heavy atom. The van der Waals surface area contributed by atoms with Gasteiger partial charge in [-0.05, 0) is 90.3 Å². The zero-order valence-electron chi connectivity index (χ0n) is 33.2. The summed E-state index contributed by atoms with van der Waals surface area (Å²) in [6.07, 6.45) is 2.55. The van der Waals surface area contributed by atoms with Crippen molar-refractivity contribution in [3.8, 4) is 5.75 Å². The highest BCUT2D eigenvalue weighted by atomic mass is 32.2. The first-order valence-electron chi connectivity index (χ1n) is 17.6. The molecule has 0 saturated carbocycles. The van der Waals surface area contributed by atoms with Gasteiger partial charge in [-0.25, -0.2) is 16.8 Å². The van der Waals surface area contributed by atoms with Gasteiger partial charge in [0.25, 0.3) is 40.4 Å². The van der Waals surface area contributed by atoms with Crippen molar-refractivity contribution < 1.29 is 66.0 Å². The van der Waals surface area contributed by atoms with Gasteiger partial charge < -0.3 is 27.4 Å². The van der Waals surface area contributed by atoms with Gasteiger partial charge in [-0.15, -0.1) is 20.5 Å². The van der Waals surface area contributed by atoms with Crippen molar-refractivity contribution in [3.05, 3.63) is 110 Å². The summed E-state index contributed by atoms with van der Waals surface area (Å²) >= 11 is 0. The molecule has 5 aromatic rings. The Kier molecular flexibility index (Phi) is 14.3. The average molecular weight is 1010 g/mol. The second-order valence-corrected chi connectivity index (χ2v) is 21.2. The predicted octanol–water partition coefficient (Wildman–Crippen LogP) is 5.27. The Labute approximate surface area is 375 Å². The Morgan fingerprint density at radius 1 is 0.636 bits per heavy atom. The van der Waals surface area contributed by atoms with Gasteiger partial charge in [0, 0.05) is 11.4 Å². The number of nitrogens with two attached hydrogens (primary N) is 3. The number of anilines is 3. The number of nitrogen functional groups attached to an aromatic ring is 3. The molecule has 0 aromatic heterocycles. The van der Waals surface area contributed by atoms with Crippen molar-refractivity contribution in [1.82, 2.24) is 4.72 Å². The standard InChI is InChI=1S/C36H34N10O15S5/c1-19(40-42-27-11-5-22(37)17-26(27)38)3-4-20(2)46-63(51,52)24-8-6-23(7-9-24)41-45-35-31(66(59,60)61)16-21-15-30(65(56,57)58)34(33(39)32(21)36(35)48)44-43-28-12-10-25(62(49,50)14-13-47)18-29(28)64(53,54)55/h3-12,15-18,46-48H,1-2,13-14,37-39H2,(H,53,54,55)(H,56,57,58)(H,59,60,61)/b4-3-,42-40?,44-43?,45-41?. The van der Waals surface area contributed by atoms with E-state index < -0.39 is 121 Å². The van der Waals surface area contributed by atoms with Gasteiger partial charge in [-0.2, -0.15) is 35.5 Å². The number of aromatic hydroxyl groups is 1. The Morgan fingerprint density at radius 3 is 1.77 bits per heavy atom. The van der Waals surface area contributed by atoms with E-state index in [9.17, 15) is 60.9 Å². The summed E-state index contributed by atoms with van der Waals surface area (Å²) in [5.74, 6) is -2.03. The van der Waals surface area contributed by atoms with Crippen LogP contribution in [0, 0.1) is 0 Å². The summed E-state index contributed by atoms with van der Waals surface area (Å²) in [4.78, 5) is -4.54. The third-order valence-electron chi connectivity index (χ3n) is 8.55. The van der Waals surface area contributed by atoms with Crippen LogP contribution in [0.25, 0.3) is 10.8 Å². The summed E-state index contributed by atoms with van der Waals surface area (Å²) in [5.41, 5.74) is 14.8. The highest BCUT2D eigenvalue weighted by Gasteiger charge is 2.29. The first kappa shape index (κ1) is 50.0. The molecule has 348 valence electrons. The molecule has 66 heavy (non-hydrogen) atoms. The van der Waals surface area contributed by atoms with Gasteiger partial charge in [0.05, 0.1) is 50.3 Å². The van der Waals surface area contributed by atoms with E-state index in [-0.39, 0.29) is 27.7 Å². The van der Waals surface area contributed by atoms with E-state index >= 15 is 0 Å². The molecule has 5 rings (SSSR count). The normalized spacial score (nSPS) is 13.1. The largest absolute Gasteiger partial charge is 0.505 e. The van der Waals surface area contributed by atoms with Crippen LogP contribution in [-0.2, 0) is 50.2 Å². The lowest BCUT2D eigenvalue weighted by Gasteiger charge is -2.14. The van der Waals surface area contributed by atoms with Crippen molar-refractivity contribution in [2.45, 2.75) is 24.5 Å². The van der Waals surface area contributed by atoms with Gasteiger partial charge in [0.2, 0.25) is 0 Å².